The third-order valence-electron chi connectivity index (χ3n) is 3.45. The summed E-state index contributed by atoms with van der Waals surface area (Å²) in [5.74, 6) is 0.428. The van der Waals surface area contributed by atoms with E-state index in [1.807, 2.05) is 57.2 Å². The molecule has 0 aliphatic rings. The van der Waals surface area contributed by atoms with Gasteiger partial charge in [-0.1, -0.05) is 23.8 Å². The van der Waals surface area contributed by atoms with Crippen LogP contribution >= 0.6 is 0 Å². The minimum atomic E-state index is -0.153. The van der Waals surface area contributed by atoms with Crippen molar-refractivity contribution in [1.82, 2.24) is 0 Å². The number of hydrogen-bond donors (Lipinski definition) is 1. The first-order chi connectivity index (χ1) is 9.52. The van der Waals surface area contributed by atoms with E-state index in [9.17, 15) is 4.79 Å². The predicted octanol–water partition coefficient (Wildman–Crippen LogP) is 3.87. The van der Waals surface area contributed by atoms with Crippen LogP contribution in [0.4, 0.5) is 5.69 Å². The van der Waals surface area contributed by atoms with Crippen LogP contribution in [0.3, 0.4) is 0 Å². The second kappa shape index (κ2) is 5.78. The number of hydrogen-bond acceptors (Lipinski definition) is 2. The highest BCUT2D eigenvalue weighted by Crippen LogP contribution is 2.23. The standard InChI is InChI=1S/C17H19NO2/c1-11-8-9-16(20-4)14(10-11)17(19)18-15-7-5-6-12(2)13(15)3/h5-10H,1-4H3,(H,18,19). The van der Waals surface area contributed by atoms with Gasteiger partial charge < -0.3 is 10.1 Å². The van der Waals surface area contributed by atoms with E-state index in [0.29, 0.717) is 11.3 Å². The maximum absolute atomic E-state index is 12.4. The zero-order valence-electron chi connectivity index (χ0n) is 12.3. The third-order valence-corrected chi connectivity index (χ3v) is 3.45. The molecule has 0 atom stereocenters. The molecule has 0 unspecified atom stereocenters. The molecule has 0 aliphatic carbocycles. The predicted molar refractivity (Wildman–Crippen MR) is 81.6 cm³/mol. The average Bonchev–Trinajstić information content (AvgIpc) is 2.43. The van der Waals surface area contributed by atoms with Crippen molar-refractivity contribution in [2.45, 2.75) is 20.8 Å². The lowest BCUT2D eigenvalue weighted by molar-refractivity contribution is 0.102. The number of anilines is 1. The van der Waals surface area contributed by atoms with E-state index in [0.717, 1.165) is 22.4 Å². The van der Waals surface area contributed by atoms with Crippen molar-refractivity contribution in [2.75, 3.05) is 12.4 Å². The van der Waals surface area contributed by atoms with Gasteiger partial charge in [-0.2, -0.15) is 0 Å². The Labute approximate surface area is 119 Å². The quantitative estimate of drug-likeness (QED) is 0.918. The summed E-state index contributed by atoms with van der Waals surface area (Å²) in [4.78, 5) is 12.4. The van der Waals surface area contributed by atoms with Crippen molar-refractivity contribution < 1.29 is 9.53 Å². The molecule has 2 aromatic carbocycles. The van der Waals surface area contributed by atoms with Gasteiger partial charge in [0.15, 0.2) is 0 Å². The average molecular weight is 269 g/mol. The van der Waals surface area contributed by atoms with Gasteiger partial charge in [-0.25, -0.2) is 0 Å². The zero-order valence-corrected chi connectivity index (χ0v) is 12.3. The minimum Gasteiger partial charge on any atom is -0.496 e. The monoisotopic (exact) mass is 269 g/mol. The van der Waals surface area contributed by atoms with E-state index >= 15 is 0 Å². The molecule has 0 saturated carbocycles. The molecule has 0 fully saturated rings. The van der Waals surface area contributed by atoms with E-state index in [2.05, 4.69) is 5.32 Å². The fourth-order valence-corrected chi connectivity index (χ4v) is 2.08. The first-order valence-corrected chi connectivity index (χ1v) is 6.55. The second-order valence-electron chi connectivity index (χ2n) is 4.91. The van der Waals surface area contributed by atoms with E-state index in [1.54, 1.807) is 7.11 Å². The normalized spacial score (nSPS) is 10.2. The molecular weight excluding hydrogens is 250 g/mol. The highest BCUT2D eigenvalue weighted by molar-refractivity contribution is 6.06. The summed E-state index contributed by atoms with van der Waals surface area (Å²) in [6, 6.07) is 11.4. The lowest BCUT2D eigenvalue weighted by Crippen LogP contribution is -2.14. The SMILES string of the molecule is COc1ccc(C)cc1C(=O)Nc1cccc(C)c1C. The number of methoxy groups -OCH3 is 1. The Balaban J connectivity index is 2.33. The van der Waals surface area contributed by atoms with Crippen molar-refractivity contribution >= 4 is 11.6 Å². The molecule has 0 aromatic heterocycles. The minimum absolute atomic E-state index is 0.153. The Morgan fingerprint density at radius 1 is 1.10 bits per heavy atom. The maximum Gasteiger partial charge on any atom is 0.259 e. The Hall–Kier alpha value is -2.29. The molecule has 20 heavy (non-hydrogen) atoms. The van der Waals surface area contributed by atoms with Gasteiger partial charge in [-0.15, -0.1) is 0 Å². The number of ether oxygens (including phenoxy) is 1. The molecule has 3 nitrogen and oxygen atoms in total. The molecule has 1 amide bonds. The van der Waals surface area contributed by atoms with Crippen LogP contribution in [0.5, 0.6) is 5.75 Å². The van der Waals surface area contributed by atoms with Gasteiger partial charge in [-0.05, 0) is 50.1 Å². The van der Waals surface area contributed by atoms with Gasteiger partial charge in [0.05, 0.1) is 12.7 Å². The highest BCUT2D eigenvalue weighted by atomic mass is 16.5. The number of carbonyl (C=O) groups excluding carboxylic acids is 1. The molecule has 2 aromatic rings. The molecule has 0 radical (unpaired) electrons. The van der Waals surface area contributed by atoms with Crippen LogP contribution in [0.25, 0.3) is 0 Å². The van der Waals surface area contributed by atoms with Crippen LogP contribution in [0.1, 0.15) is 27.0 Å². The van der Waals surface area contributed by atoms with E-state index in [1.165, 1.54) is 0 Å². The van der Waals surface area contributed by atoms with E-state index in [-0.39, 0.29) is 5.91 Å². The number of nitrogens with one attached hydrogen (secondary N) is 1. The molecule has 2 rings (SSSR count). The van der Waals surface area contributed by atoms with Gasteiger partial charge in [0.25, 0.3) is 5.91 Å². The Morgan fingerprint density at radius 2 is 1.85 bits per heavy atom. The smallest absolute Gasteiger partial charge is 0.259 e. The van der Waals surface area contributed by atoms with Crippen molar-refractivity contribution in [1.29, 1.82) is 0 Å². The second-order valence-corrected chi connectivity index (χ2v) is 4.91. The third kappa shape index (κ3) is 2.82. The van der Waals surface area contributed by atoms with Crippen LogP contribution in [0.2, 0.25) is 0 Å². The summed E-state index contributed by atoms with van der Waals surface area (Å²) >= 11 is 0. The number of benzene rings is 2. The topological polar surface area (TPSA) is 38.3 Å². The molecule has 0 aliphatic heterocycles. The van der Waals surface area contributed by atoms with Crippen LogP contribution in [0.15, 0.2) is 36.4 Å². The number of aryl methyl sites for hydroxylation is 2. The first-order valence-electron chi connectivity index (χ1n) is 6.55. The molecule has 104 valence electrons. The summed E-state index contributed by atoms with van der Waals surface area (Å²) in [6.45, 7) is 5.98. The lowest BCUT2D eigenvalue weighted by atomic mass is 10.1. The van der Waals surface area contributed by atoms with Gasteiger partial charge in [0.1, 0.15) is 5.75 Å². The molecule has 1 N–H and O–H groups in total. The number of carbonyl (C=O) groups is 1. The first kappa shape index (κ1) is 14.1. The highest BCUT2D eigenvalue weighted by Gasteiger charge is 2.13. The fourth-order valence-electron chi connectivity index (χ4n) is 2.08. The maximum atomic E-state index is 12.4. The van der Waals surface area contributed by atoms with Crippen molar-refractivity contribution in [3.8, 4) is 5.75 Å². The van der Waals surface area contributed by atoms with Gasteiger partial charge >= 0.3 is 0 Å². The zero-order chi connectivity index (χ0) is 14.7. The van der Waals surface area contributed by atoms with Crippen molar-refractivity contribution in [3.63, 3.8) is 0 Å². The summed E-state index contributed by atoms with van der Waals surface area (Å²) in [5, 5.41) is 2.95. The van der Waals surface area contributed by atoms with Gasteiger partial charge in [-0.3, -0.25) is 4.79 Å². The molecular formula is C17H19NO2. The van der Waals surface area contributed by atoms with Gasteiger partial charge in [0.2, 0.25) is 0 Å². The Morgan fingerprint density at radius 3 is 2.55 bits per heavy atom. The van der Waals surface area contributed by atoms with E-state index in [4.69, 9.17) is 4.74 Å². The Kier molecular flexibility index (Phi) is 4.08. The van der Waals surface area contributed by atoms with Gasteiger partial charge in [0, 0.05) is 5.69 Å². The lowest BCUT2D eigenvalue weighted by Gasteiger charge is -2.13. The molecule has 0 spiro atoms. The Bertz CT molecular complexity index is 647. The summed E-state index contributed by atoms with van der Waals surface area (Å²) in [7, 11) is 1.57. The molecule has 3 heteroatoms. The van der Waals surface area contributed by atoms with Crippen molar-refractivity contribution in [2.24, 2.45) is 0 Å². The van der Waals surface area contributed by atoms with Crippen LogP contribution in [-0.2, 0) is 0 Å². The molecule has 0 heterocycles. The summed E-state index contributed by atoms with van der Waals surface area (Å²) < 4.78 is 5.25. The van der Waals surface area contributed by atoms with Crippen LogP contribution in [0, 0.1) is 20.8 Å². The van der Waals surface area contributed by atoms with Crippen LogP contribution < -0.4 is 10.1 Å². The largest absolute Gasteiger partial charge is 0.496 e. The number of amides is 1. The van der Waals surface area contributed by atoms with Crippen molar-refractivity contribution in [3.05, 3.63) is 58.7 Å². The molecule has 0 bridgehead atoms. The van der Waals surface area contributed by atoms with Crippen LogP contribution in [-0.4, -0.2) is 13.0 Å². The summed E-state index contributed by atoms with van der Waals surface area (Å²) in [6.07, 6.45) is 0. The molecule has 0 saturated heterocycles. The van der Waals surface area contributed by atoms with E-state index < -0.39 is 0 Å². The summed E-state index contributed by atoms with van der Waals surface area (Å²) in [5.41, 5.74) is 4.63. The number of rotatable bonds is 3. The fraction of sp³-hybridized carbons (Fsp3) is 0.235.